The lowest BCUT2D eigenvalue weighted by atomic mass is 9.93. The van der Waals surface area contributed by atoms with E-state index in [4.69, 9.17) is 10.4 Å². The maximum absolute atomic E-state index is 11.0. The summed E-state index contributed by atoms with van der Waals surface area (Å²) < 4.78 is 0. The predicted octanol–water partition coefficient (Wildman–Crippen LogP) is 2.38. The number of carboxylic acids is 1. The number of nitrogens with zero attached hydrogens (tertiary/aromatic N) is 1. The fourth-order valence-corrected chi connectivity index (χ4v) is 1.81. The highest BCUT2D eigenvalue weighted by atomic mass is 16.4. The molecule has 1 rings (SSSR count). The van der Waals surface area contributed by atoms with Gasteiger partial charge < -0.3 is 5.11 Å². The summed E-state index contributed by atoms with van der Waals surface area (Å²) in [5, 5.41) is 17.9. The second-order valence-electron chi connectivity index (χ2n) is 3.24. The fraction of sp³-hybridized carbons (Fsp3) is 0.333. The van der Waals surface area contributed by atoms with E-state index in [9.17, 15) is 4.79 Å². The van der Waals surface area contributed by atoms with Gasteiger partial charge in [0.2, 0.25) is 0 Å². The Morgan fingerprint density at radius 2 is 1.93 bits per heavy atom. The Morgan fingerprint density at radius 1 is 1.33 bits per heavy atom. The smallest absolute Gasteiger partial charge is 0.335 e. The lowest BCUT2D eigenvalue weighted by molar-refractivity contribution is 0.0695. The first kappa shape index (κ1) is 11.3. The number of rotatable bonds is 3. The van der Waals surface area contributed by atoms with Gasteiger partial charge in [0.05, 0.1) is 17.2 Å². The maximum Gasteiger partial charge on any atom is 0.335 e. The minimum atomic E-state index is -0.925. The zero-order valence-electron chi connectivity index (χ0n) is 8.87. The Bertz CT molecular complexity index is 430. The van der Waals surface area contributed by atoms with E-state index in [0.717, 1.165) is 11.1 Å². The van der Waals surface area contributed by atoms with Gasteiger partial charge in [-0.25, -0.2) is 4.79 Å². The highest BCUT2D eigenvalue weighted by molar-refractivity contribution is 5.90. The fourth-order valence-electron chi connectivity index (χ4n) is 1.81. The van der Waals surface area contributed by atoms with Crippen molar-refractivity contribution in [3.63, 3.8) is 0 Å². The number of nitriles is 1. The van der Waals surface area contributed by atoms with Gasteiger partial charge in [-0.15, -0.1) is 0 Å². The minimum absolute atomic E-state index is 0.313. The van der Waals surface area contributed by atoms with Gasteiger partial charge in [-0.2, -0.15) is 5.26 Å². The lowest BCUT2D eigenvalue weighted by Crippen LogP contribution is -2.06. The number of benzene rings is 1. The van der Waals surface area contributed by atoms with Crippen LogP contribution in [0.15, 0.2) is 12.1 Å². The normalized spacial score (nSPS) is 9.67. The monoisotopic (exact) mass is 203 g/mol. The van der Waals surface area contributed by atoms with E-state index in [1.165, 1.54) is 6.07 Å². The van der Waals surface area contributed by atoms with E-state index in [0.29, 0.717) is 24.0 Å². The summed E-state index contributed by atoms with van der Waals surface area (Å²) in [6.07, 6.45) is 1.33. The van der Waals surface area contributed by atoms with Crippen LogP contribution in [0, 0.1) is 11.3 Å². The van der Waals surface area contributed by atoms with Crippen molar-refractivity contribution in [2.75, 3.05) is 0 Å². The van der Waals surface area contributed by atoms with Gasteiger partial charge in [0.15, 0.2) is 0 Å². The number of hydrogen-bond donors (Lipinski definition) is 1. The molecule has 78 valence electrons. The highest BCUT2D eigenvalue weighted by Crippen LogP contribution is 2.20. The molecule has 0 aliphatic heterocycles. The summed E-state index contributed by atoms with van der Waals surface area (Å²) >= 11 is 0. The first-order valence-corrected chi connectivity index (χ1v) is 4.93. The first-order valence-electron chi connectivity index (χ1n) is 4.93. The molecule has 0 aromatic heterocycles. The van der Waals surface area contributed by atoms with Gasteiger partial charge in [-0.1, -0.05) is 13.8 Å². The van der Waals surface area contributed by atoms with E-state index in [1.807, 2.05) is 13.8 Å². The van der Waals surface area contributed by atoms with Gasteiger partial charge in [-0.3, -0.25) is 0 Å². The summed E-state index contributed by atoms with van der Waals surface area (Å²) in [6, 6.07) is 5.19. The number of hydrogen-bond acceptors (Lipinski definition) is 2. The Balaban J connectivity index is 3.49. The standard InChI is InChI=1S/C12H13NO2/c1-3-9-8(7-13)5-6-11(12(14)15)10(9)4-2/h5-6H,3-4H2,1-2H3,(H,14,15). The molecule has 0 aliphatic rings. The van der Waals surface area contributed by atoms with E-state index >= 15 is 0 Å². The zero-order chi connectivity index (χ0) is 11.4. The summed E-state index contributed by atoms with van der Waals surface area (Å²) in [5.74, 6) is -0.925. The van der Waals surface area contributed by atoms with Crippen molar-refractivity contribution in [2.45, 2.75) is 26.7 Å². The average molecular weight is 203 g/mol. The highest BCUT2D eigenvalue weighted by Gasteiger charge is 2.14. The number of carbonyl (C=O) groups is 1. The molecule has 0 saturated carbocycles. The van der Waals surface area contributed by atoms with Crippen molar-refractivity contribution < 1.29 is 9.90 Å². The largest absolute Gasteiger partial charge is 0.478 e. The van der Waals surface area contributed by atoms with Crippen LogP contribution >= 0.6 is 0 Å². The van der Waals surface area contributed by atoms with Crippen molar-refractivity contribution in [1.29, 1.82) is 5.26 Å². The Morgan fingerprint density at radius 3 is 2.33 bits per heavy atom. The molecule has 0 unspecified atom stereocenters. The molecule has 1 aromatic carbocycles. The van der Waals surface area contributed by atoms with E-state index in [1.54, 1.807) is 6.07 Å². The molecule has 0 spiro atoms. The average Bonchev–Trinajstić information content (AvgIpc) is 2.26. The van der Waals surface area contributed by atoms with Crippen molar-refractivity contribution >= 4 is 5.97 Å². The van der Waals surface area contributed by atoms with Crippen molar-refractivity contribution in [3.05, 3.63) is 34.4 Å². The molecule has 3 nitrogen and oxygen atoms in total. The van der Waals surface area contributed by atoms with E-state index in [2.05, 4.69) is 6.07 Å². The maximum atomic E-state index is 11.0. The first-order chi connectivity index (χ1) is 7.15. The number of aromatic carboxylic acids is 1. The van der Waals surface area contributed by atoms with Crippen LogP contribution in [-0.4, -0.2) is 11.1 Å². The molecule has 0 amide bonds. The number of carboxylic acid groups (broad SMARTS) is 1. The Kier molecular flexibility index (Phi) is 3.46. The molecular formula is C12H13NO2. The molecular weight excluding hydrogens is 190 g/mol. The molecule has 15 heavy (non-hydrogen) atoms. The van der Waals surface area contributed by atoms with Crippen LogP contribution in [-0.2, 0) is 12.8 Å². The second kappa shape index (κ2) is 4.61. The zero-order valence-corrected chi connectivity index (χ0v) is 8.87. The second-order valence-corrected chi connectivity index (χ2v) is 3.24. The molecule has 0 saturated heterocycles. The third-order valence-corrected chi connectivity index (χ3v) is 2.49. The summed E-state index contributed by atoms with van der Waals surface area (Å²) in [6.45, 7) is 3.84. The Labute approximate surface area is 89.0 Å². The van der Waals surface area contributed by atoms with Crippen LogP contribution < -0.4 is 0 Å². The van der Waals surface area contributed by atoms with Crippen LogP contribution in [0.25, 0.3) is 0 Å². The van der Waals surface area contributed by atoms with Gasteiger partial charge >= 0.3 is 5.97 Å². The third-order valence-electron chi connectivity index (χ3n) is 2.49. The quantitative estimate of drug-likeness (QED) is 0.820. The molecule has 0 fully saturated rings. The molecule has 0 heterocycles. The Hall–Kier alpha value is -1.82. The summed E-state index contributed by atoms with van der Waals surface area (Å²) in [5.41, 5.74) is 2.54. The minimum Gasteiger partial charge on any atom is -0.478 e. The van der Waals surface area contributed by atoms with Crippen LogP contribution in [0.1, 0.15) is 40.9 Å². The van der Waals surface area contributed by atoms with Gasteiger partial charge in [0, 0.05) is 0 Å². The topological polar surface area (TPSA) is 61.1 Å². The molecule has 0 bridgehead atoms. The lowest BCUT2D eigenvalue weighted by Gasteiger charge is -2.10. The van der Waals surface area contributed by atoms with Gasteiger partial charge in [0.25, 0.3) is 0 Å². The molecule has 0 aliphatic carbocycles. The van der Waals surface area contributed by atoms with Crippen LogP contribution in [0.3, 0.4) is 0 Å². The molecule has 1 aromatic rings. The van der Waals surface area contributed by atoms with Crippen LogP contribution in [0.2, 0.25) is 0 Å². The van der Waals surface area contributed by atoms with Crippen LogP contribution in [0.5, 0.6) is 0 Å². The predicted molar refractivity (Wildman–Crippen MR) is 56.9 cm³/mol. The third kappa shape index (κ3) is 1.99. The summed E-state index contributed by atoms with van der Waals surface area (Å²) in [7, 11) is 0. The molecule has 0 atom stereocenters. The van der Waals surface area contributed by atoms with E-state index in [-0.39, 0.29) is 0 Å². The molecule has 1 N–H and O–H groups in total. The molecule has 0 radical (unpaired) electrons. The summed E-state index contributed by atoms with van der Waals surface area (Å²) in [4.78, 5) is 11.0. The molecule has 3 heteroatoms. The van der Waals surface area contributed by atoms with Crippen molar-refractivity contribution in [1.82, 2.24) is 0 Å². The van der Waals surface area contributed by atoms with Gasteiger partial charge in [0.1, 0.15) is 0 Å². The van der Waals surface area contributed by atoms with Crippen LogP contribution in [0.4, 0.5) is 0 Å². The van der Waals surface area contributed by atoms with Gasteiger partial charge in [-0.05, 0) is 36.1 Å². The van der Waals surface area contributed by atoms with Crippen molar-refractivity contribution in [2.24, 2.45) is 0 Å². The van der Waals surface area contributed by atoms with E-state index < -0.39 is 5.97 Å². The SMILES string of the molecule is CCc1c(C#N)ccc(C(=O)O)c1CC. The van der Waals surface area contributed by atoms with Crippen molar-refractivity contribution in [3.8, 4) is 6.07 Å².